The van der Waals surface area contributed by atoms with E-state index in [1.807, 2.05) is 56.4 Å². The molecule has 0 aromatic heterocycles. The molecule has 0 bridgehead atoms. The van der Waals surface area contributed by atoms with Crippen molar-refractivity contribution in [3.8, 4) is 17.2 Å². The van der Waals surface area contributed by atoms with Gasteiger partial charge >= 0.3 is 0 Å². The maximum Gasteiger partial charge on any atom is 0.230 e. The van der Waals surface area contributed by atoms with Crippen LogP contribution < -0.4 is 19.5 Å². The van der Waals surface area contributed by atoms with Crippen LogP contribution in [-0.2, 0) is 4.74 Å². The van der Waals surface area contributed by atoms with Crippen LogP contribution >= 0.6 is 0 Å². The first-order valence-corrected chi connectivity index (χ1v) is 9.72. The minimum absolute atomic E-state index is 0.161. The molecule has 2 rings (SSSR count). The fourth-order valence-electron chi connectivity index (χ4n) is 2.66. The van der Waals surface area contributed by atoms with Gasteiger partial charge in [0, 0.05) is 12.7 Å². The lowest BCUT2D eigenvalue weighted by Crippen LogP contribution is -2.06. The molecule has 152 valence electrons. The summed E-state index contributed by atoms with van der Waals surface area (Å²) < 4.78 is 22.3. The predicted octanol–water partition coefficient (Wildman–Crippen LogP) is 5.55. The maximum absolute atomic E-state index is 5.87. The smallest absolute Gasteiger partial charge is 0.230 e. The second kappa shape index (κ2) is 12.5. The van der Waals surface area contributed by atoms with Gasteiger partial charge in [-0.05, 0) is 80.6 Å². The summed E-state index contributed by atoms with van der Waals surface area (Å²) in [4.78, 5) is 0. The number of hydrogen-bond acceptors (Lipinski definition) is 5. The fourth-order valence-corrected chi connectivity index (χ4v) is 2.66. The first kappa shape index (κ1) is 21.5. The third-order valence-electron chi connectivity index (χ3n) is 4.27. The van der Waals surface area contributed by atoms with Gasteiger partial charge in [0.25, 0.3) is 0 Å². The zero-order chi connectivity index (χ0) is 20.0. The summed E-state index contributed by atoms with van der Waals surface area (Å²) in [5.74, 6) is 2.43. The van der Waals surface area contributed by atoms with E-state index in [1.165, 1.54) is 6.26 Å². The van der Waals surface area contributed by atoms with Crippen LogP contribution in [0.2, 0.25) is 0 Å². The Morgan fingerprint density at radius 1 is 0.857 bits per heavy atom. The predicted molar refractivity (Wildman–Crippen MR) is 113 cm³/mol. The van der Waals surface area contributed by atoms with Crippen molar-refractivity contribution in [1.82, 2.24) is 0 Å². The van der Waals surface area contributed by atoms with Gasteiger partial charge in [0.1, 0.15) is 17.2 Å². The summed E-state index contributed by atoms with van der Waals surface area (Å²) in [5, 5.41) is 3.07. The van der Waals surface area contributed by atoms with Crippen molar-refractivity contribution in [3.05, 3.63) is 60.9 Å². The van der Waals surface area contributed by atoms with Gasteiger partial charge in [0.15, 0.2) is 0 Å². The standard InChI is InChI=1S/C23H31NO4/c1-4-25-15-7-5-6-8-16-26-23-14-13-22(17-19(23)2)28-18-27-21-11-9-20(24-3)10-12-21/h4,9-14,17,24H,1,5-8,15-16,18H2,2-3H3. The van der Waals surface area contributed by atoms with E-state index in [2.05, 4.69) is 11.9 Å². The van der Waals surface area contributed by atoms with Gasteiger partial charge in [0.05, 0.1) is 19.5 Å². The van der Waals surface area contributed by atoms with Crippen LogP contribution in [0.1, 0.15) is 31.2 Å². The van der Waals surface area contributed by atoms with Gasteiger partial charge in [-0.2, -0.15) is 0 Å². The zero-order valence-electron chi connectivity index (χ0n) is 16.9. The van der Waals surface area contributed by atoms with E-state index >= 15 is 0 Å². The number of anilines is 1. The van der Waals surface area contributed by atoms with Gasteiger partial charge < -0.3 is 24.3 Å². The van der Waals surface area contributed by atoms with E-state index in [0.717, 1.165) is 67.4 Å². The van der Waals surface area contributed by atoms with Crippen molar-refractivity contribution in [2.24, 2.45) is 0 Å². The second-order valence-electron chi connectivity index (χ2n) is 6.41. The highest BCUT2D eigenvalue weighted by atomic mass is 16.7. The summed E-state index contributed by atoms with van der Waals surface area (Å²) in [6.07, 6.45) is 5.85. The lowest BCUT2D eigenvalue weighted by molar-refractivity contribution is 0.119. The van der Waals surface area contributed by atoms with E-state index in [9.17, 15) is 0 Å². The SMILES string of the molecule is C=COCCCCCCOc1ccc(OCOc2ccc(NC)cc2)cc1C. The molecule has 0 aliphatic carbocycles. The van der Waals surface area contributed by atoms with Crippen molar-refractivity contribution in [2.45, 2.75) is 32.6 Å². The van der Waals surface area contributed by atoms with Gasteiger partial charge in [-0.15, -0.1) is 0 Å². The average Bonchev–Trinajstić information content (AvgIpc) is 2.72. The topological polar surface area (TPSA) is 49.0 Å². The number of rotatable bonds is 14. The molecule has 0 saturated heterocycles. The molecule has 0 fully saturated rings. The number of unbranched alkanes of at least 4 members (excludes halogenated alkanes) is 3. The number of hydrogen-bond donors (Lipinski definition) is 1. The van der Waals surface area contributed by atoms with Crippen molar-refractivity contribution in [2.75, 3.05) is 32.4 Å². The molecule has 2 aromatic carbocycles. The minimum atomic E-state index is 0.161. The molecule has 0 heterocycles. The Kier molecular flexibility index (Phi) is 9.62. The Morgan fingerprint density at radius 3 is 2.21 bits per heavy atom. The van der Waals surface area contributed by atoms with E-state index in [-0.39, 0.29) is 6.79 Å². The molecule has 0 spiro atoms. The molecule has 28 heavy (non-hydrogen) atoms. The molecular weight excluding hydrogens is 354 g/mol. The molecule has 0 aliphatic rings. The highest BCUT2D eigenvalue weighted by molar-refractivity contribution is 5.45. The van der Waals surface area contributed by atoms with Crippen LogP contribution in [-0.4, -0.2) is 27.1 Å². The molecule has 5 nitrogen and oxygen atoms in total. The van der Waals surface area contributed by atoms with Crippen molar-refractivity contribution >= 4 is 5.69 Å². The average molecular weight is 386 g/mol. The Morgan fingerprint density at radius 2 is 1.54 bits per heavy atom. The number of benzene rings is 2. The third kappa shape index (κ3) is 7.82. The minimum Gasteiger partial charge on any atom is -0.502 e. The monoisotopic (exact) mass is 385 g/mol. The van der Waals surface area contributed by atoms with Crippen LogP contribution in [0.5, 0.6) is 17.2 Å². The molecule has 0 amide bonds. The molecule has 0 saturated carbocycles. The number of aryl methyl sites for hydroxylation is 1. The number of ether oxygens (including phenoxy) is 4. The van der Waals surface area contributed by atoms with Gasteiger partial charge in [-0.1, -0.05) is 6.58 Å². The molecule has 0 aliphatic heterocycles. The zero-order valence-corrected chi connectivity index (χ0v) is 16.9. The third-order valence-corrected chi connectivity index (χ3v) is 4.27. The highest BCUT2D eigenvalue weighted by Gasteiger charge is 2.03. The Balaban J connectivity index is 1.66. The summed E-state index contributed by atoms with van der Waals surface area (Å²) >= 11 is 0. The molecule has 1 N–H and O–H groups in total. The quantitative estimate of drug-likeness (QED) is 0.262. The molecule has 0 radical (unpaired) electrons. The van der Waals surface area contributed by atoms with Crippen LogP contribution in [0.4, 0.5) is 5.69 Å². The Hall–Kier alpha value is -2.82. The summed E-state index contributed by atoms with van der Waals surface area (Å²) in [5.41, 5.74) is 2.09. The van der Waals surface area contributed by atoms with Crippen molar-refractivity contribution in [1.29, 1.82) is 0 Å². The summed E-state index contributed by atoms with van der Waals surface area (Å²) in [6, 6.07) is 13.6. The molecule has 0 atom stereocenters. The van der Waals surface area contributed by atoms with Crippen LogP contribution in [0, 0.1) is 6.92 Å². The van der Waals surface area contributed by atoms with Gasteiger partial charge in [-0.25, -0.2) is 0 Å². The van der Waals surface area contributed by atoms with Crippen LogP contribution in [0.25, 0.3) is 0 Å². The summed E-state index contributed by atoms with van der Waals surface area (Å²) in [6.45, 7) is 7.18. The van der Waals surface area contributed by atoms with E-state index < -0.39 is 0 Å². The second-order valence-corrected chi connectivity index (χ2v) is 6.41. The van der Waals surface area contributed by atoms with Crippen LogP contribution in [0.3, 0.4) is 0 Å². The Bertz CT molecular complexity index is 700. The van der Waals surface area contributed by atoms with Crippen molar-refractivity contribution < 1.29 is 18.9 Å². The molecule has 5 heteroatoms. The molecule has 0 unspecified atom stereocenters. The van der Waals surface area contributed by atoms with E-state index in [4.69, 9.17) is 18.9 Å². The molecular formula is C23H31NO4. The fraction of sp³-hybridized carbons (Fsp3) is 0.391. The van der Waals surface area contributed by atoms with E-state index in [0.29, 0.717) is 0 Å². The summed E-state index contributed by atoms with van der Waals surface area (Å²) in [7, 11) is 1.88. The van der Waals surface area contributed by atoms with Crippen LogP contribution in [0.15, 0.2) is 55.3 Å². The highest BCUT2D eigenvalue weighted by Crippen LogP contribution is 2.24. The van der Waals surface area contributed by atoms with Gasteiger partial charge in [0.2, 0.25) is 6.79 Å². The van der Waals surface area contributed by atoms with Crippen molar-refractivity contribution in [3.63, 3.8) is 0 Å². The Labute approximate surface area is 168 Å². The lowest BCUT2D eigenvalue weighted by atomic mass is 10.2. The molecule has 2 aromatic rings. The largest absolute Gasteiger partial charge is 0.502 e. The first-order valence-electron chi connectivity index (χ1n) is 9.72. The normalized spacial score (nSPS) is 10.2. The van der Waals surface area contributed by atoms with E-state index in [1.54, 1.807) is 0 Å². The van der Waals surface area contributed by atoms with Gasteiger partial charge in [-0.3, -0.25) is 0 Å². The lowest BCUT2D eigenvalue weighted by Gasteiger charge is -2.12. The number of nitrogens with one attached hydrogen (secondary N) is 1. The first-order chi connectivity index (χ1) is 13.7. The maximum atomic E-state index is 5.87.